The van der Waals surface area contributed by atoms with E-state index in [1.165, 1.54) is 6.26 Å². The summed E-state index contributed by atoms with van der Waals surface area (Å²) in [6, 6.07) is 0.382. The molecule has 1 atom stereocenters. The third kappa shape index (κ3) is 4.61. The van der Waals surface area contributed by atoms with Crippen molar-refractivity contribution in [2.24, 2.45) is 10.4 Å². The zero-order chi connectivity index (χ0) is 11.8. The van der Waals surface area contributed by atoms with Gasteiger partial charge in [0, 0.05) is 24.3 Å². The molecule has 0 aromatic heterocycles. The summed E-state index contributed by atoms with van der Waals surface area (Å²) in [4.78, 5) is 4.29. The van der Waals surface area contributed by atoms with Crippen molar-refractivity contribution < 1.29 is 8.42 Å². The van der Waals surface area contributed by atoms with Gasteiger partial charge in [-0.25, -0.2) is 8.42 Å². The van der Waals surface area contributed by atoms with Gasteiger partial charge in [-0.1, -0.05) is 0 Å². The van der Waals surface area contributed by atoms with Gasteiger partial charge in [0.05, 0.1) is 12.3 Å². The van der Waals surface area contributed by atoms with Crippen molar-refractivity contribution in [3.05, 3.63) is 0 Å². The highest BCUT2D eigenvalue weighted by atomic mass is 127. The molecule has 2 rings (SSSR count). The molecule has 1 heterocycles. The normalized spacial score (nSPS) is 25.5. The largest absolute Gasteiger partial charge is 0.356 e. The minimum atomic E-state index is -2.88. The third-order valence-corrected chi connectivity index (χ3v) is 4.20. The second kappa shape index (κ2) is 5.29. The lowest BCUT2D eigenvalue weighted by Gasteiger charge is -2.16. The van der Waals surface area contributed by atoms with Crippen molar-refractivity contribution in [3.63, 3.8) is 0 Å². The van der Waals surface area contributed by atoms with Crippen LogP contribution >= 0.6 is 24.0 Å². The van der Waals surface area contributed by atoms with Gasteiger partial charge in [0.1, 0.15) is 9.84 Å². The number of aliphatic imine (C=N–C) groups is 1. The topological polar surface area (TPSA) is 70.6 Å². The number of rotatable bonds is 4. The maximum Gasteiger partial charge on any atom is 0.191 e. The van der Waals surface area contributed by atoms with E-state index in [-0.39, 0.29) is 35.1 Å². The first kappa shape index (κ1) is 15.0. The van der Waals surface area contributed by atoms with Crippen LogP contribution in [0.3, 0.4) is 0 Å². The minimum absolute atomic E-state index is 0. The average Bonchev–Trinajstić information content (AvgIpc) is 2.75. The fourth-order valence-corrected chi connectivity index (χ4v) is 3.54. The van der Waals surface area contributed by atoms with Gasteiger partial charge in [-0.05, 0) is 19.8 Å². The van der Waals surface area contributed by atoms with Gasteiger partial charge in [0.2, 0.25) is 0 Å². The summed E-state index contributed by atoms with van der Waals surface area (Å²) in [6.45, 7) is 3.57. The van der Waals surface area contributed by atoms with E-state index >= 15 is 0 Å². The van der Waals surface area contributed by atoms with Crippen molar-refractivity contribution in [2.75, 3.05) is 25.1 Å². The van der Waals surface area contributed by atoms with Crippen molar-refractivity contribution in [3.8, 4) is 0 Å². The molecule has 1 saturated carbocycles. The minimum Gasteiger partial charge on any atom is -0.356 e. The smallest absolute Gasteiger partial charge is 0.191 e. The second-order valence-electron chi connectivity index (χ2n) is 5.16. The van der Waals surface area contributed by atoms with Gasteiger partial charge < -0.3 is 10.6 Å². The molecule has 17 heavy (non-hydrogen) atoms. The summed E-state index contributed by atoms with van der Waals surface area (Å²) < 4.78 is 22.5. The number of halogens is 1. The quantitative estimate of drug-likeness (QED) is 0.699. The van der Waals surface area contributed by atoms with Crippen LogP contribution in [0.2, 0.25) is 0 Å². The molecule has 1 aliphatic heterocycles. The SMILES string of the molecule is CC1CN=C(NCC2(CS(C)(=O)=O)CC2)N1.I. The number of nitrogens with zero attached hydrogens (tertiary/aromatic N) is 1. The van der Waals surface area contributed by atoms with Crippen molar-refractivity contribution in [1.29, 1.82) is 0 Å². The van der Waals surface area contributed by atoms with Crippen LogP contribution in [0.4, 0.5) is 0 Å². The molecule has 0 aromatic carbocycles. The van der Waals surface area contributed by atoms with Crippen LogP contribution in [0.15, 0.2) is 4.99 Å². The van der Waals surface area contributed by atoms with Crippen LogP contribution in [0.25, 0.3) is 0 Å². The summed E-state index contributed by atoms with van der Waals surface area (Å²) in [5, 5.41) is 6.42. The van der Waals surface area contributed by atoms with Crippen LogP contribution in [0.1, 0.15) is 19.8 Å². The summed E-state index contributed by atoms with van der Waals surface area (Å²) >= 11 is 0. The standard InChI is InChI=1S/C10H19N3O2S.HI/c1-8-5-11-9(13-8)12-6-10(3-4-10)7-16(2,14)15;/h8H,3-7H2,1-2H3,(H2,11,12,13);1H. The average molecular weight is 373 g/mol. The van der Waals surface area contributed by atoms with E-state index in [0.29, 0.717) is 12.6 Å². The predicted molar refractivity (Wildman–Crippen MR) is 79.7 cm³/mol. The van der Waals surface area contributed by atoms with Crippen molar-refractivity contribution >= 4 is 39.8 Å². The Morgan fingerprint density at radius 2 is 2.18 bits per heavy atom. The van der Waals surface area contributed by atoms with Crippen LogP contribution in [0.5, 0.6) is 0 Å². The van der Waals surface area contributed by atoms with Gasteiger partial charge in [-0.2, -0.15) is 0 Å². The maximum absolute atomic E-state index is 11.3. The van der Waals surface area contributed by atoms with Crippen LogP contribution in [0, 0.1) is 5.41 Å². The molecule has 0 amide bonds. The van der Waals surface area contributed by atoms with Gasteiger partial charge in [-0.15, -0.1) is 24.0 Å². The Morgan fingerprint density at radius 3 is 2.59 bits per heavy atom. The first-order valence-electron chi connectivity index (χ1n) is 5.61. The maximum atomic E-state index is 11.3. The van der Waals surface area contributed by atoms with Gasteiger partial charge in [0.15, 0.2) is 5.96 Å². The zero-order valence-electron chi connectivity index (χ0n) is 10.2. The molecule has 0 saturated heterocycles. The van der Waals surface area contributed by atoms with E-state index in [9.17, 15) is 8.42 Å². The molecular formula is C10H20IN3O2S. The fraction of sp³-hybridized carbons (Fsp3) is 0.900. The lowest BCUT2D eigenvalue weighted by atomic mass is 10.1. The van der Waals surface area contributed by atoms with Crippen molar-refractivity contribution in [2.45, 2.75) is 25.8 Å². The molecule has 2 aliphatic rings. The van der Waals surface area contributed by atoms with E-state index in [0.717, 1.165) is 25.3 Å². The number of hydrogen-bond acceptors (Lipinski definition) is 5. The number of nitrogens with one attached hydrogen (secondary N) is 2. The molecule has 0 bridgehead atoms. The van der Waals surface area contributed by atoms with Crippen LogP contribution in [-0.2, 0) is 9.84 Å². The van der Waals surface area contributed by atoms with E-state index in [4.69, 9.17) is 0 Å². The highest BCUT2D eigenvalue weighted by molar-refractivity contribution is 14.0. The lowest BCUT2D eigenvalue weighted by Crippen LogP contribution is -2.41. The summed E-state index contributed by atoms with van der Waals surface area (Å²) in [5.74, 6) is 1.10. The Kier molecular flexibility index (Phi) is 4.67. The molecular weight excluding hydrogens is 353 g/mol. The lowest BCUT2D eigenvalue weighted by molar-refractivity contribution is 0.530. The third-order valence-electron chi connectivity index (χ3n) is 3.06. The monoisotopic (exact) mass is 373 g/mol. The van der Waals surface area contributed by atoms with Crippen molar-refractivity contribution in [1.82, 2.24) is 10.6 Å². The molecule has 0 spiro atoms. The Morgan fingerprint density at radius 1 is 1.53 bits per heavy atom. The molecule has 1 unspecified atom stereocenters. The van der Waals surface area contributed by atoms with Gasteiger partial charge in [-0.3, -0.25) is 4.99 Å². The molecule has 0 aromatic rings. The Labute approximate surface area is 120 Å². The molecule has 2 N–H and O–H groups in total. The first-order chi connectivity index (χ1) is 7.39. The Bertz CT molecular complexity index is 404. The highest BCUT2D eigenvalue weighted by Gasteiger charge is 2.45. The highest BCUT2D eigenvalue weighted by Crippen LogP contribution is 2.45. The Balaban J connectivity index is 0.00000144. The zero-order valence-corrected chi connectivity index (χ0v) is 13.3. The summed E-state index contributed by atoms with van der Waals surface area (Å²) in [7, 11) is -2.88. The first-order valence-corrected chi connectivity index (χ1v) is 7.67. The fourth-order valence-electron chi connectivity index (χ4n) is 2.04. The van der Waals surface area contributed by atoms with E-state index in [1.807, 2.05) is 0 Å². The number of guanidine groups is 1. The van der Waals surface area contributed by atoms with E-state index in [1.54, 1.807) is 0 Å². The van der Waals surface area contributed by atoms with Gasteiger partial charge >= 0.3 is 0 Å². The van der Waals surface area contributed by atoms with E-state index < -0.39 is 9.84 Å². The molecule has 7 heteroatoms. The molecule has 1 aliphatic carbocycles. The summed E-state index contributed by atoms with van der Waals surface area (Å²) in [6.07, 6.45) is 3.30. The summed E-state index contributed by atoms with van der Waals surface area (Å²) in [5.41, 5.74) is -0.0381. The Hall–Kier alpha value is -0.0500. The van der Waals surface area contributed by atoms with Gasteiger partial charge in [0.25, 0.3) is 0 Å². The second-order valence-corrected chi connectivity index (χ2v) is 7.30. The molecule has 1 fully saturated rings. The number of hydrogen-bond donors (Lipinski definition) is 2. The predicted octanol–water partition coefficient (Wildman–Crippen LogP) is 0.366. The van der Waals surface area contributed by atoms with E-state index in [2.05, 4.69) is 22.5 Å². The number of sulfone groups is 1. The van der Waals surface area contributed by atoms with Crippen LogP contribution in [-0.4, -0.2) is 45.5 Å². The molecule has 5 nitrogen and oxygen atoms in total. The molecule has 0 radical (unpaired) electrons. The van der Waals surface area contributed by atoms with Crippen LogP contribution < -0.4 is 10.6 Å². The molecule has 100 valence electrons.